The average Bonchev–Trinajstić information content (AvgIpc) is 2.71. The molecule has 0 spiro atoms. The van der Waals surface area contributed by atoms with Crippen molar-refractivity contribution in [2.24, 2.45) is 5.73 Å². The van der Waals surface area contributed by atoms with E-state index in [9.17, 15) is 4.79 Å². The molecule has 0 aliphatic rings. The lowest BCUT2D eigenvalue weighted by Gasteiger charge is -1.99. The molecule has 0 atom stereocenters. The van der Waals surface area contributed by atoms with Crippen LogP contribution in [0.1, 0.15) is 15.9 Å². The molecule has 2 rings (SSSR count). The predicted molar refractivity (Wildman–Crippen MR) is 57.5 cm³/mol. The van der Waals surface area contributed by atoms with Gasteiger partial charge in [-0.05, 0) is 5.56 Å². The number of fused-ring (bicyclic) bond motifs is 1. The summed E-state index contributed by atoms with van der Waals surface area (Å²) in [6, 6.07) is 5.68. The first-order valence-electron chi connectivity index (χ1n) is 4.65. The Morgan fingerprint density at radius 2 is 2.33 bits per heavy atom. The summed E-state index contributed by atoms with van der Waals surface area (Å²) in [5.41, 5.74) is 8.03. The van der Waals surface area contributed by atoms with Crippen LogP contribution in [-0.2, 0) is 11.3 Å². The number of H-pyrrole nitrogens is 1. The third kappa shape index (κ3) is 1.49. The van der Waals surface area contributed by atoms with Crippen molar-refractivity contribution in [2.75, 3.05) is 7.11 Å². The summed E-state index contributed by atoms with van der Waals surface area (Å²) >= 11 is 0. The van der Waals surface area contributed by atoms with E-state index in [1.165, 1.54) is 7.11 Å². The van der Waals surface area contributed by atoms with E-state index in [0.29, 0.717) is 12.1 Å². The fourth-order valence-corrected chi connectivity index (χ4v) is 1.67. The molecule has 0 bridgehead atoms. The van der Waals surface area contributed by atoms with Crippen LogP contribution in [0.15, 0.2) is 24.4 Å². The Morgan fingerprint density at radius 1 is 1.53 bits per heavy atom. The van der Waals surface area contributed by atoms with E-state index in [2.05, 4.69) is 9.72 Å². The van der Waals surface area contributed by atoms with Gasteiger partial charge in [0.05, 0.1) is 18.2 Å². The molecule has 15 heavy (non-hydrogen) atoms. The minimum atomic E-state index is -0.338. The van der Waals surface area contributed by atoms with Crippen LogP contribution in [0.4, 0.5) is 0 Å². The maximum Gasteiger partial charge on any atom is 0.340 e. The first-order chi connectivity index (χ1) is 7.27. The van der Waals surface area contributed by atoms with Crippen molar-refractivity contribution in [1.82, 2.24) is 4.98 Å². The lowest BCUT2D eigenvalue weighted by atomic mass is 10.1. The molecule has 4 heteroatoms. The van der Waals surface area contributed by atoms with Gasteiger partial charge in [0.25, 0.3) is 0 Å². The van der Waals surface area contributed by atoms with E-state index in [4.69, 9.17) is 5.73 Å². The topological polar surface area (TPSA) is 68.1 Å². The summed E-state index contributed by atoms with van der Waals surface area (Å²) in [6.07, 6.45) is 1.65. The van der Waals surface area contributed by atoms with Gasteiger partial charge >= 0.3 is 5.97 Å². The van der Waals surface area contributed by atoms with Crippen LogP contribution in [0.25, 0.3) is 10.9 Å². The first-order valence-corrected chi connectivity index (χ1v) is 4.65. The zero-order valence-corrected chi connectivity index (χ0v) is 8.41. The number of rotatable bonds is 2. The Balaban J connectivity index is 2.66. The summed E-state index contributed by atoms with van der Waals surface area (Å²) < 4.78 is 4.69. The molecule has 0 radical (unpaired) electrons. The van der Waals surface area contributed by atoms with Gasteiger partial charge in [-0.25, -0.2) is 4.79 Å². The summed E-state index contributed by atoms with van der Waals surface area (Å²) in [4.78, 5) is 14.5. The second-order valence-electron chi connectivity index (χ2n) is 3.24. The van der Waals surface area contributed by atoms with Crippen molar-refractivity contribution in [3.8, 4) is 0 Å². The van der Waals surface area contributed by atoms with Crippen LogP contribution < -0.4 is 5.73 Å². The maximum atomic E-state index is 11.4. The fraction of sp³-hybridized carbons (Fsp3) is 0.182. The third-order valence-electron chi connectivity index (χ3n) is 2.43. The molecule has 0 aliphatic carbocycles. The van der Waals surface area contributed by atoms with Crippen molar-refractivity contribution in [3.63, 3.8) is 0 Å². The zero-order valence-electron chi connectivity index (χ0n) is 8.41. The van der Waals surface area contributed by atoms with Crippen molar-refractivity contribution in [2.45, 2.75) is 6.54 Å². The number of nitrogens with one attached hydrogen (secondary N) is 1. The van der Waals surface area contributed by atoms with Gasteiger partial charge in [0.15, 0.2) is 0 Å². The van der Waals surface area contributed by atoms with E-state index < -0.39 is 0 Å². The molecule has 78 valence electrons. The van der Waals surface area contributed by atoms with Crippen molar-refractivity contribution < 1.29 is 9.53 Å². The number of para-hydroxylation sites is 1. The van der Waals surface area contributed by atoms with E-state index >= 15 is 0 Å². The molecule has 0 saturated heterocycles. The van der Waals surface area contributed by atoms with Crippen LogP contribution >= 0.6 is 0 Å². The molecule has 0 amide bonds. The van der Waals surface area contributed by atoms with Gasteiger partial charge < -0.3 is 15.5 Å². The Labute approximate surface area is 87.0 Å². The molecule has 1 heterocycles. The van der Waals surface area contributed by atoms with Gasteiger partial charge in [0.2, 0.25) is 0 Å². The molecular weight excluding hydrogens is 192 g/mol. The molecule has 1 aromatic heterocycles. The molecule has 0 fully saturated rings. The zero-order chi connectivity index (χ0) is 10.8. The highest BCUT2D eigenvalue weighted by atomic mass is 16.5. The average molecular weight is 204 g/mol. The van der Waals surface area contributed by atoms with Crippen molar-refractivity contribution in [1.29, 1.82) is 0 Å². The third-order valence-corrected chi connectivity index (χ3v) is 2.43. The molecule has 1 aromatic carbocycles. The maximum absolute atomic E-state index is 11.4. The van der Waals surface area contributed by atoms with Gasteiger partial charge in [-0.1, -0.05) is 18.2 Å². The Kier molecular flexibility index (Phi) is 2.43. The Hall–Kier alpha value is -1.81. The second-order valence-corrected chi connectivity index (χ2v) is 3.24. The van der Waals surface area contributed by atoms with Gasteiger partial charge in [-0.3, -0.25) is 0 Å². The van der Waals surface area contributed by atoms with Crippen LogP contribution in [0.5, 0.6) is 0 Å². The van der Waals surface area contributed by atoms with Crippen molar-refractivity contribution in [3.05, 3.63) is 35.5 Å². The standard InChI is InChI=1S/C11H12N2O2/c1-15-11(14)9-6-13-10-7(5-12)3-2-4-8(9)10/h2-4,6,13H,5,12H2,1H3. The van der Waals surface area contributed by atoms with E-state index in [0.717, 1.165) is 16.5 Å². The van der Waals surface area contributed by atoms with Crippen LogP contribution in [0.2, 0.25) is 0 Å². The summed E-state index contributed by atoms with van der Waals surface area (Å²) in [5, 5.41) is 0.852. The summed E-state index contributed by atoms with van der Waals surface area (Å²) in [6.45, 7) is 0.443. The van der Waals surface area contributed by atoms with Crippen LogP contribution in [-0.4, -0.2) is 18.1 Å². The quantitative estimate of drug-likeness (QED) is 0.727. The van der Waals surface area contributed by atoms with Gasteiger partial charge in [0, 0.05) is 18.1 Å². The SMILES string of the molecule is COC(=O)c1c[nH]c2c(CN)cccc12. The smallest absolute Gasteiger partial charge is 0.340 e. The first kappa shape index (κ1) is 9.73. The number of methoxy groups -OCH3 is 1. The number of aromatic amines is 1. The fourth-order valence-electron chi connectivity index (χ4n) is 1.67. The highest BCUT2D eigenvalue weighted by Gasteiger charge is 2.12. The second kappa shape index (κ2) is 3.74. The van der Waals surface area contributed by atoms with Gasteiger partial charge in [-0.2, -0.15) is 0 Å². The van der Waals surface area contributed by atoms with Gasteiger partial charge in [-0.15, -0.1) is 0 Å². The lowest BCUT2D eigenvalue weighted by Crippen LogP contribution is -2.00. The van der Waals surface area contributed by atoms with E-state index in [-0.39, 0.29) is 5.97 Å². The normalized spacial score (nSPS) is 10.5. The van der Waals surface area contributed by atoms with E-state index in [1.54, 1.807) is 6.20 Å². The number of ether oxygens (including phenoxy) is 1. The minimum absolute atomic E-state index is 0.338. The largest absolute Gasteiger partial charge is 0.465 e. The molecule has 0 aliphatic heterocycles. The van der Waals surface area contributed by atoms with Crippen LogP contribution in [0, 0.1) is 0 Å². The van der Waals surface area contributed by atoms with E-state index in [1.807, 2.05) is 18.2 Å². The number of carbonyl (C=O) groups excluding carboxylic acids is 1. The minimum Gasteiger partial charge on any atom is -0.465 e. The number of hydrogen-bond acceptors (Lipinski definition) is 3. The van der Waals surface area contributed by atoms with Crippen molar-refractivity contribution >= 4 is 16.9 Å². The summed E-state index contributed by atoms with van der Waals surface area (Å²) in [5.74, 6) is -0.338. The number of esters is 1. The molecule has 2 aromatic rings. The highest BCUT2D eigenvalue weighted by molar-refractivity contribution is 6.04. The predicted octanol–water partition coefficient (Wildman–Crippen LogP) is 1.41. The molecule has 4 nitrogen and oxygen atoms in total. The summed E-state index contributed by atoms with van der Waals surface area (Å²) in [7, 11) is 1.37. The Bertz CT molecular complexity index is 502. The number of nitrogens with two attached hydrogens (primary N) is 1. The number of hydrogen-bond donors (Lipinski definition) is 2. The lowest BCUT2D eigenvalue weighted by molar-refractivity contribution is 0.0603. The number of aromatic nitrogens is 1. The number of carbonyl (C=O) groups is 1. The molecule has 0 saturated carbocycles. The highest BCUT2D eigenvalue weighted by Crippen LogP contribution is 2.21. The van der Waals surface area contributed by atoms with Gasteiger partial charge in [0.1, 0.15) is 0 Å². The molecule has 0 unspecified atom stereocenters. The number of benzene rings is 1. The molecule has 3 N–H and O–H groups in total. The monoisotopic (exact) mass is 204 g/mol. The van der Waals surface area contributed by atoms with Crippen LogP contribution in [0.3, 0.4) is 0 Å². The Morgan fingerprint density at radius 3 is 3.00 bits per heavy atom. The molecular formula is C11H12N2O2.